The minimum atomic E-state index is -0.192. The van der Waals surface area contributed by atoms with E-state index in [0.29, 0.717) is 12.0 Å². The van der Waals surface area contributed by atoms with E-state index < -0.39 is 0 Å². The Morgan fingerprint density at radius 3 is 2.41 bits per heavy atom. The number of hydrogen-bond donors (Lipinski definition) is 2. The number of nitrogens with zero attached hydrogens (tertiary/aromatic N) is 1. The molecule has 1 unspecified atom stereocenters. The number of aliphatic hydroxyl groups excluding tert-OH is 1. The first-order valence-electron chi connectivity index (χ1n) is 6.68. The van der Waals surface area contributed by atoms with Crippen molar-refractivity contribution < 1.29 is 5.11 Å². The third-order valence-corrected chi connectivity index (χ3v) is 3.18. The van der Waals surface area contributed by atoms with Gasteiger partial charge in [0, 0.05) is 12.6 Å². The lowest BCUT2D eigenvalue weighted by Crippen LogP contribution is -2.35. The third-order valence-electron chi connectivity index (χ3n) is 3.18. The number of unbranched alkanes of at least 4 members (excludes halogenated alkanes) is 1. The zero-order valence-electron chi connectivity index (χ0n) is 11.8. The summed E-state index contributed by atoms with van der Waals surface area (Å²) in [6.45, 7) is 9.55. The number of hydrogen-bond acceptors (Lipinski definition) is 3. The Morgan fingerprint density at radius 2 is 1.94 bits per heavy atom. The van der Waals surface area contributed by atoms with Gasteiger partial charge < -0.3 is 10.4 Å². The fourth-order valence-electron chi connectivity index (χ4n) is 1.85. The van der Waals surface area contributed by atoms with E-state index in [1.54, 1.807) is 0 Å². The fourth-order valence-corrected chi connectivity index (χ4v) is 1.85. The Bertz CT molecular complexity index is 231. The molecule has 0 saturated heterocycles. The molecule has 100 valence electrons. The lowest BCUT2D eigenvalue weighted by Gasteiger charge is -2.22. The van der Waals surface area contributed by atoms with Crippen LogP contribution in [0.3, 0.4) is 0 Å². The molecular formula is C14H28N2O. The van der Waals surface area contributed by atoms with E-state index >= 15 is 0 Å². The summed E-state index contributed by atoms with van der Waals surface area (Å²) in [7, 11) is 0. The number of nitrogens with one attached hydrogen (secondary N) is 1. The SMILES string of the molecule is CC(C)C(CCO)NCCCCC(C)(C)C#N. The molecule has 0 aliphatic carbocycles. The number of nitriles is 1. The van der Waals surface area contributed by atoms with E-state index in [9.17, 15) is 0 Å². The maximum atomic E-state index is 8.95. The molecule has 0 fully saturated rings. The molecular weight excluding hydrogens is 212 g/mol. The molecule has 3 heteroatoms. The van der Waals surface area contributed by atoms with Crippen molar-refractivity contribution in [3.8, 4) is 6.07 Å². The average Bonchev–Trinajstić information content (AvgIpc) is 2.27. The van der Waals surface area contributed by atoms with Crippen molar-refractivity contribution in [2.24, 2.45) is 11.3 Å². The molecule has 0 aromatic carbocycles. The second kappa shape index (κ2) is 8.49. The average molecular weight is 240 g/mol. The summed E-state index contributed by atoms with van der Waals surface area (Å²) in [6, 6.07) is 2.73. The van der Waals surface area contributed by atoms with Crippen molar-refractivity contribution in [2.75, 3.05) is 13.2 Å². The molecule has 0 heterocycles. The van der Waals surface area contributed by atoms with Crippen LogP contribution in [0.4, 0.5) is 0 Å². The molecule has 0 aliphatic rings. The summed E-state index contributed by atoms with van der Waals surface area (Å²) in [6.07, 6.45) is 3.95. The van der Waals surface area contributed by atoms with Crippen molar-refractivity contribution in [2.45, 2.75) is 59.4 Å². The van der Waals surface area contributed by atoms with E-state index in [2.05, 4.69) is 25.2 Å². The van der Waals surface area contributed by atoms with Gasteiger partial charge in [-0.05, 0) is 45.6 Å². The lowest BCUT2D eigenvalue weighted by molar-refractivity contribution is 0.243. The summed E-state index contributed by atoms with van der Waals surface area (Å²) in [5, 5.41) is 21.3. The second-order valence-corrected chi connectivity index (χ2v) is 5.77. The van der Waals surface area contributed by atoms with Gasteiger partial charge in [-0.2, -0.15) is 5.26 Å². The highest BCUT2D eigenvalue weighted by molar-refractivity contribution is 4.91. The van der Waals surface area contributed by atoms with Gasteiger partial charge in [0.05, 0.1) is 11.5 Å². The van der Waals surface area contributed by atoms with Gasteiger partial charge in [-0.25, -0.2) is 0 Å². The van der Waals surface area contributed by atoms with Gasteiger partial charge in [-0.15, -0.1) is 0 Å². The van der Waals surface area contributed by atoms with Crippen LogP contribution in [0, 0.1) is 22.7 Å². The van der Waals surface area contributed by atoms with Crippen LogP contribution in [0.5, 0.6) is 0 Å². The highest BCUT2D eigenvalue weighted by Crippen LogP contribution is 2.21. The first-order valence-corrected chi connectivity index (χ1v) is 6.68. The van der Waals surface area contributed by atoms with Gasteiger partial charge in [-0.3, -0.25) is 0 Å². The zero-order valence-corrected chi connectivity index (χ0v) is 11.8. The quantitative estimate of drug-likeness (QED) is 0.609. The maximum Gasteiger partial charge on any atom is 0.0683 e. The van der Waals surface area contributed by atoms with Gasteiger partial charge >= 0.3 is 0 Å². The Hall–Kier alpha value is -0.590. The van der Waals surface area contributed by atoms with Crippen LogP contribution in [-0.4, -0.2) is 24.3 Å². The van der Waals surface area contributed by atoms with Crippen LogP contribution in [0.1, 0.15) is 53.4 Å². The van der Waals surface area contributed by atoms with Crippen LogP contribution < -0.4 is 5.32 Å². The minimum Gasteiger partial charge on any atom is -0.396 e. The number of aliphatic hydroxyl groups is 1. The first-order chi connectivity index (χ1) is 7.93. The molecule has 0 rings (SSSR count). The summed E-state index contributed by atoms with van der Waals surface area (Å²) in [5.74, 6) is 0.553. The summed E-state index contributed by atoms with van der Waals surface area (Å²) < 4.78 is 0. The van der Waals surface area contributed by atoms with Crippen molar-refractivity contribution in [1.29, 1.82) is 5.26 Å². The molecule has 0 aromatic rings. The maximum absolute atomic E-state index is 8.95. The number of rotatable bonds is 9. The molecule has 0 spiro atoms. The second-order valence-electron chi connectivity index (χ2n) is 5.77. The van der Waals surface area contributed by atoms with Gasteiger partial charge in [-0.1, -0.05) is 20.3 Å². The predicted octanol–water partition coefficient (Wildman–Crippen LogP) is 2.70. The molecule has 0 saturated carbocycles. The topological polar surface area (TPSA) is 56.0 Å². The molecule has 0 amide bonds. The first kappa shape index (κ1) is 16.4. The minimum absolute atomic E-state index is 0.192. The van der Waals surface area contributed by atoms with Crippen molar-refractivity contribution >= 4 is 0 Å². The zero-order chi connectivity index (χ0) is 13.3. The highest BCUT2D eigenvalue weighted by atomic mass is 16.3. The van der Waals surface area contributed by atoms with Crippen LogP contribution in [0.2, 0.25) is 0 Å². The van der Waals surface area contributed by atoms with E-state index in [0.717, 1.165) is 32.2 Å². The van der Waals surface area contributed by atoms with E-state index in [1.165, 1.54) is 0 Å². The molecule has 0 bridgehead atoms. The van der Waals surface area contributed by atoms with Gasteiger partial charge in [0.2, 0.25) is 0 Å². The molecule has 2 N–H and O–H groups in total. The molecule has 0 aromatic heterocycles. The standard InChI is InChI=1S/C14H28N2O/c1-12(2)13(7-10-17)16-9-6-5-8-14(3,4)11-15/h12-13,16-17H,5-10H2,1-4H3. The van der Waals surface area contributed by atoms with Crippen LogP contribution in [0.15, 0.2) is 0 Å². The van der Waals surface area contributed by atoms with E-state index in [1.807, 2.05) is 13.8 Å². The van der Waals surface area contributed by atoms with Gasteiger partial charge in [0.25, 0.3) is 0 Å². The summed E-state index contributed by atoms with van der Waals surface area (Å²) in [5.41, 5.74) is -0.192. The van der Waals surface area contributed by atoms with Crippen molar-refractivity contribution in [1.82, 2.24) is 5.32 Å². The fraction of sp³-hybridized carbons (Fsp3) is 0.929. The smallest absolute Gasteiger partial charge is 0.0683 e. The van der Waals surface area contributed by atoms with Crippen LogP contribution in [0.25, 0.3) is 0 Å². The Labute approximate surface area is 106 Å². The predicted molar refractivity (Wildman–Crippen MR) is 71.6 cm³/mol. The van der Waals surface area contributed by atoms with Gasteiger partial charge in [0.15, 0.2) is 0 Å². The lowest BCUT2D eigenvalue weighted by atomic mass is 9.89. The summed E-state index contributed by atoms with van der Waals surface area (Å²) in [4.78, 5) is 0. The molecule has 0 aliphatic heterocycles. The molecule has 17 heavy (non-hydrogen) atoms. The Balaban J connectivity index is 3.66. The van der Waals surface area contributed by atoms with Crippen molar-refractivity contribution in [3.63, 3.8) is 0 Å². The molecule has 3 nitrogen and oxygen atoms in total. The Morgan fingerprint density at radius 1 is 1.29 bits per heavy atom. The summed E-state index contributed by atoms with van der Waals surface area (Å²) >= 11 is 0. The monoisotopic (exact) mass is 240 g/mol. The van der Waals surface area contributed by atoms with Gasteiger partial charge in [0.1, 0.15) is 0 Å². The third kappa shape index (κ3) is 8.18. The largest absolute Gasteiger partial charge is 0.396 e. The molecule has 1 atom stereocenters. The van der Waals surface area contributed by atoms with Crippen LogP contribution >= 0.6 is 0 Å². The Kier molecular flexibility index (Phi) is 8.20. The highest BCUT2D eigenvalue weighted by Gasteiger charge is 2.16. The van der Waals surface area contributed by atoms with E-state index in [4.69, 9.17) is 10.4 Å². The normalized spacial score (nSPS) is 13.7. The molecule has 0 radical (unpaired) electrons. The van der Waals surface area contributed by atoms with Crippen molar-refractivity contribution in [3.05, 3.63) is 0 Å². The van der Waals surface area contributed by atoms with Crippen LogP contribution in [-0.2, 0) is 0 Å². The van der Waals surface area contributed by atoms with E-state index in [-0.39, 0.29) is 12.0 Å².